The number of non-ortho nitro benzene ring substituents is 2. The Morgan fingerprint density at radius 2 is 1.66 bits per heavy atom. The van der Waals surface area contributed by atoms with Crippen LogP contribution in [0.25, 0.3) is 11.8 Å². The molecule has 3 aromatic rings. The summed E-state index contributed by atoms with van der Waals surface area (Å²) in [4.78, 5) is 51.9. The third kappa shape index (κ3) is 4.51. The lowest BCUT2D eigenvalue weighted by molar-refractivity contribution is -0.385. The highest BCUT2D eigenvalue weighted by molar-refractivity contribution is 7.07. The molecule has 0 spiro atoms. The van der Waals surface area contributed by atoms with Gasteiger partial charge in [-0.3, -0.25) is 29.6 Å². The number of hydrogen-bond donors (Lipinski definition) is 0. The quantitative estimate of drug-likeness (QED) is 0.291. The van der Waals surface area contributed by atoms with Crippen LogP contribution >= 0.6 is 11.3 Å². The van der Waals surface area contributed by atoms with E-state index in [0.717, 1.165) is 11.3 Å². The lowest BCUT2D eigenvalue weighted by atomic mass is 9.96. The molecule has 1 atom stereocenters. The van der Waals surface area contributed by atoms with Crippen LogP contribution in [0, 0.1) is 20.2 Å². The van der Waals surface area contributed by atoms with E-state index in [-0.39, 0.29) is 23.6 Å². The largest absolute Gasteiger partial charge is 0.463 e. The summed E-state index contributed by atoms with van der Waals surface area (Å²) in [5.41, 5.74) is 1.07. The van der Waals surface area contributed by atoms with E-state index in [2.05, 4.69) is 4.99 Å². The minimum atomic E-state index is -0.819. The molecule has 1 aliphatic heterocycles. The van der Waals surface area contributed by atoms with Gasteiger partial charge in [0.25, 0.3) is 16.9 Å². The number of esters is 1. The second kappa shape index (κ2) is 9.43. The van der Waals surface area contributed by atoms with Crippen molar-refractivity contribution in [3.8, 4) is 0 Å². The van der Waals surface area contributed by atoms with Crippen LogP contribution in [-0.2, 0) is 9.53 Å². The number of thiazole rings is 1. The molecule has 0 saturated carbocycles. The third-order valence-corrected chi connectivity index (χ3v) is 6.34. The smallest absolute Gasteiger partial charge is 0.338 e. The van der Waals surface area contributed by atoms with Crippen LogP contribution in [-0.4, -0.2) is 27.0 Å². The van der Waals surface area contributed by atoms with E-state index in [1.165, 1.54) is 53.1 Å². The topological polar surface area (TPSA) is 147 Å². The Bertz CT molecular complexity index is 1550. The lowest BCUT2D eigenvalue weighted by Crippen LogP contribution is -2.35. The first-order valence-corrected chi connectivity index (χ1v) is 11.2. The van der Waals surface area contributed by atoms with Gasteiger partial charge in [-0.2, -0.15) is 0 Å². The third-order valence-electron chi connectivity index (χ3n) is 5.36. The number of nitro benzene ring substituents is 2. The summed E-state index contributed by atoms with van der Waals surface area (Å²) in [5, 5.41) is 21.9. The first-order chi connectivity index (χ1) is 16.7. The number of fused-ring (bicyclic) bond motifs is 1. The molecule has 0 bridgehead atoms. The van der Waals surface area contributed by atoms with Gasteiger partial charge in [-0.15, -0.1) is 0 Å². The number of rotatable bonds is 6. The van der Waals surface area contributed by atoms with E-state index >= 15 is 0 Å². The van der Waals surface area contributed by atoms with Crippen LogP contribution in [0.15, 0.2) is 63.9 Å². The van der Waals surface area contributed by atoms with Crippen molar-refractivity contribution in [3.05, 3.63) is 105 Å². The molecule has 0 amide bonds. The summed E-state index contributed by atoms with van der Waals surface area (Å²) in [6.07, 6.45) is 1.59. The average Bonchev–Trinajstić information content (AvgIpc) is 3.14. The van der Waals surface area contributed by atoms with Gasteiger partial charge in [0.1, 0.15) is 6.04 Å². The van der Waals surface area contributed by atoms with Gasteiger partial charge >= 0.3 is 5.97 Å². The molecule has 12 heteroatoms. The number of benzene rings is 2. The number of carbonyl (C=O) groups excluding carboxylic acids is 1. The van der Waals surface area contributed by atoms with Crippen molar-refractivity contribution in [2.45, 2.75) is 19.9 Å². The zero-order chi connectivity index (χ0) is 25.3. The van der Waals surface area contributed by atoms with Gasteiger partial charge in [-0.25, -0.2) is 9.79 Å². The summed E-state index contributed by atoms with van der Waals surface area (Å²) in [6.45, 7) is 3.40. The van der Waals surface area contributed by atoms with Gasteiger partial charge in [0.05, 0.1) is 26.6 Å². The van der Waals surface area contributed by atoms with Gasteiger partial charge in [0, 0.05) is 30.0 Å². The molecular weight excluding hydrogens is 476 g/mol. The summed E-state index contributed by atoms with van der Waals surface area (Å²) < 4.78 is 6.87. The number of allylic oxidation sites excluding steroid dienone is 1. The van der Waals surface area contributed by atoms with Gasteiger partial charge in [0.2, 0.25) is 0 Å². The second-order valence-corrected chi connectivity index (χ2v) is 8.49. The predicted molar refractivity (Wildman–Crippen MR) is 127 cm³/mol. The monoisotopic (exact) mass is 494 g/mol. The SMILES string of the molecule is CCOC(=O)C1=C(C)n2c(s/c(=C\c3ccc([N+](=O)[O-])cc3)c2=O)=N[C@H]1c1ccc([N+](=O)[O-])cc1. The Morgan fingerprint density at radius 1 is 1.09 bits per heavy atom. The maximum Gasteiger partial charge on any atom is 0.338 e. The van der Waals surface area contributed by atoms with Crippen molar-refractivity contribution in [2.24, 2.45) is 4.99 Å². The Balaban J connectivity index is 1.88. The fourth-order valence-electron chi connectivity index (χ4n) is 3.68. The normalized spacial score (nSPS) is 15.4. The number of nitro groups is 2. The fourth-order valence-corrected chi connectivity index (χ4v) is 4.72. The molecule has 4 rings (SSSR count). The van der Waals surface area contributed by atoms with Crippen LogP contribution in [0.1, 0.15) is 31.0 Å². The summed E-state index contributed by atoms with van der Waals surface area (Å²) >= 11 is 1.10. The van der Waals surface area contributed by atoms with Crippen molar-refractivity contribution in [2.75, 3.05) is 6.61 Å². The van der Waals surface area contributed by atoms with Crippen molar-refractivity contribution >= 4 is 40.5 Å². The van der Waals surface area contributed by atoms with E-state index < -0.39 is 27.4 Å². The van der Waals surface area contributed by atoms with Crippen LogP contribution in [0.3, 0.4) is 0 Å². The van der Waals surface area contributed by atoms with E-state index in [4.69, 9.17) is 4.74 Å². The van der Waals surface area contributed by atoms with Crippen LogP contribution < -0.4 is 14.9 Å². The van der Waals surface area contributed by atoms with E-state index in [1.54, 1.807) is 19.9 Å². The summed E-state index contributed by atoms with van der Waals surface area (Å²) in [7, 11) is 0. The molecule has 1 aliphatic rings. The molecule has 35 heavy (non-hydrogen) atoms. The first kappa shape index (κ1) is 23.7. The number of hydrogen-bond acceptors (Lipinski definition) is 9. The zero-order valence-electron chi connectivity index (χ0n) is 18.5. The highest BCUT2D eigenvalue weighted by atomic mass is 32.1. The maximum atomic E-state index is 13.2. The van der Waals surface area contributed by atoms with Crippen LogP contribution in [0.2, 0.25) is 0 Å². The number of ether oxygens (including phenoxy) is 1. The van der Waals surface area contributed by atoms with Crippen molar-refractivity contribution in [1.29, 1.82) is 0 Å². The molecule has 0 unspecified atom stereocenters. The minimum absolute atomic E-state index is 0.0665. The molecule has 11 nitrogen and oxygen atoms in total. The Morgan fingerprint density at radius 3 is 2.20 bits per heavy atom. The van der Waals surface area contributed by atoms with Gasteiger partial charge in [-0.05, 0) is 55.3 Å². The Kier molecular flexibility index (Phi) is 6.38. The Hall–Kier alpha value is -4.45. The minimum Gasteiger partial charge on any atom is -0.463 e. The number of carbonyl (C=O) groups is 1. The zero-order valence-corrected chi connectivity index (χ0v) is 19.4. The number of nitrogens with zero attached hydrogens (tertiary/aromatic N) is 4. The molecule has 0 radical (unpaired) electrons. The molecule has 178 valence electrons. The fraction of sp³-hybridized carbons (Fsp3) is 0.174. The molecule has 2 aromatic carbocycles. The predicted octanol–water partition coefficient (Wildman–Crippen LogP) is 2.72. The van der Waals surface area contributed by atoms with Crippen LogP contribution in [0.5, 0.6) is 0 Å². The second-order valence-electron chi connectivity index (χ2n) is 7.48. The molecule has 0 aliphatic carbocycles. The Labute approximate surface area is 201 Å². The van der Waals surface area contributed by atoms with Gasteiger partial charge in [-0.1, -0.05) is 11.3 Å². The summed E-state index contributed by atoms with van der Waals surface area (Å²) in [6, 6.07) is 10.6. The van der Waals surface area contributed by atoms with Crippen molar-refractivity contribution < 1.29 is 19.4 Å². The highest BCUT2D eigenvalue weighted by Crippen LogP contribution is 2.33. The molecule has 1 aromatic heterocycles. The maximum absolute atomic E-state index is 13.2. The van der Waals surface area contributed by atoms with E-state index in [0.29, 0.717) is 26.2 Å². The first-order valence-electron chi connectivity index (χ1n) is 10.4. The van der Waals surface area contributed by atoms with Gasteiger partial charge < -0.3 is 4.74 Å². The molecule has 0 fully saturated rings. The molecule has 0 saturated heterocycles. The lowest BCUT2D eigenvalue weighted by Gasteiger charge is -2.22. The van der Waals surface area contributed by atoms with Crippen LogP contribution in [0.4, 0.5) is 11.4 Å². The van der Waals surface area contributed by atoms with Gasteiger partial charge in [0.15, 0.2) is 4.80 Å². The number of aromatic nitrogens is 1. The average molecular weight is 494 g/mol. The standard InChI is InChI=1S/C23H18N4O7S/c1-3-34-22(29)19-13(2)25-21(28)18(12-14-4-8-16(9-5-14)26(30)31)35-23(25)24-20(19)15-6-10-17(11-7-15)27(32)33/h4-12,20H,3H2,1-2H3/b18-12-/t20-/m0/s1. The molecular formula is C23H18N4O7S. The highest BCUT2D eigenvalue weighted by Gasteiger charge is 2.31. The molecule has 2 heterocycles. The van der Waals surface area contributed by atoms with Crippen molar-refractivity contribution in [1.82, 2.24) is 4.57 Å². The molecule has 0 N–H and O–H groups in total. The van der Waals surface area contributed by atoms with E-state index in [1.807, 2.05) is 0 Å². The summed E-state index contributed by atoms with van der Waals surface area (Å²) in [5.74, 6) is -0.637. The van der Waals surface area contributed by atoms with Crippen molar-refractivity contribution in [3.63, 3.8) is 0 Å². The van der Waals surface area contributed by atoms with E-state index in [9.17, 15) is 29.8 Å².